The van der Waals surface area contributed by atoms with Gasteiger partial charge in [0.1, 0.15) is 5.60 Å². The summed E-state index contributed by atoms with van der Waals surface area (Å²) in [6.07, 6.45) is -2.50. The molecule has 1 unspecified atom stereocenters. The van der Waals surface area contributed by atoms with Crippen LogP contribution in [0.15, 0.2) is 50.5 Å². The molecular formula is C17H10F3IOS3. The lowest BCUT2D eigenvalue weighted by Gasteiger charge is -2.34. The van der Waals surface area contributed by atoms with Gasteiger partial charge in [0.2, 0.25) is 0 Å². The molecule has 0 aromatic heterocycles. The summed E-state index contributed by atoms with van der Waals surface area (Å²) in [6.45, 7) is 1.58. The number of fused-ring (bicyclic) bond motifs is 1. The number of thiocarbonyl (C=S) groups is 2. The fourth-order valence-corrected chi connectivity index (χ4v) is 5.00. The largest absolute Gasteiger partial charge is 0.416 e. The Morgan fingerprint density at radius 2 is 1.72 bits per heavy atom. The number of thioether (sulfide) groups is 1. The van der Waals surface area contributed by atoms with Crippen molar-refractivity contribution < 1.29 is 18.3 Å². The Balaban J connectivity index is 2.02. The minimum absolute atomic E-state index is 0.361. The van der Waals surface area contributed by atoms with E-state index in [2.05, 4.69) is 22.6 Å². The maximum absolute atomic E-state index is 12.7. The van der Waals surface area contributed by atoms with Gasteiger partial charge in [0.15, 0.2) is 0 Å². The highest BCUT2D eigenvalue weighted by molar-refractivity contribution is 14.1. The molecule has 0 radical (unpaired) electrons. The number of allylic oxidation sites excluding steroid dienone is 2. The van der Waals surface area contributed by atoms with Crippen molar-refractivity contribution in [3.8, 4) is 0 Å². The second-order valence-corrected chi connectivity index (χ2v) is 8.50. The Bertz CT molecular complexity index is 877. The van der Waals surface area contributed by atoms with E-state index in [9.17, 15) is 18.3 Å². The van der Waals surface area contributed by atoms with Gasteiger partial charge in [-0.05, 0) is 64.3 Å². The lowest BCUT2D eigenvalue weighted by Crippen LogP contribution is -2.46. The smallest absolute Gasteiger partial charge is 0.379 e. The van der Waals surface area contributed by atoms with Gasteiger partial charge in [-0.3, -0.25) is 0 Å². The molecule has 1 aliphatic carbocycles. The first-order valence-corrected chi connectivity index (χ1v) is 9.79. The van der Waals surface area contributed by atoms with Crippen molar-refractivity contribution in [3.05, 3.63) is 61.6 Å². The third-order valence-electron chi connectivity index (χ3n) is 3.93. The minimum Gasteiger partial charge on any atom is -0.379 e. The van der Waals surface area contributed by atoms with Crippen LogP contribution in [0.2, 0.25) is 0 Å². The van der Waals surface area contributed by atoms with E-state index in [1.165, 1.54) is 23.9 Å². The van der Waals surface area contributed by atoms with Crippen LogP contribution in [0.5, 0.6) is 0 Å². The highest BCUT2D eigenvalue weighted by Crippen LogP contribution is 2.45. The first kappa shape index (κ1) is 19.2. The lowest BCUT2D eigenvalue weighted by molar-refractivity contribution is -0.137. The molecule has 3 rings (SSSR count). The minimum atomic E-state index is -4.36. The third-order valence-corrected chi connectivity index (χ3v) is 7.60. The molecule has 1 heterocycles. The summed E-state index contributed by atoms with van der Waals surface area (Å²) in [4.78, 5) is 1.53. The van der Waals surface area contributed by atoms with Gasteiger partial charge in [-0.25, -0.2) is 0 Å². The van der Waals surface area contributed by atoms with E-state index in [0.717, 1.165) is 31.8 Å². The highest BCUT2D eigenvalue weighted by Gasteiger charge is 2.41. The van der Waals surface area contributed by atoms with Crippen LogP contribution >= 0.6 is 58.8 Å². The standard InChI is InChI=1S/C17H10F3IOS3/c1-16(22)14(23)11-7-25-12(6-10(11)13(21)15(16)24)8-2-4-9(5-3-8)17(18,19)20/h2-7,22H,1H3. The molecule has 1 nitrogen and oxygen atoms in total. The van der Waals surface area contributed by atoms with Crippen LogP contribution in [0, 0.1) is 0 Å². The van der Waals surface area contributed by atoms with Crippen LogP contribution in [0.25, 0.3) is 4.91 Å². The molecule has 2 aliphatic rings. The number of hydrogen-bond donors (Lipinski definition) is 1. The summed E-state index contributed by atoms with van der Waals surface area (Å²) in [5, 5.41) is 12.3. The maximum Gasteiger partial charge on any atom is 0.416 e. The molecule has 0 saturated heterocycles. The molecule has 130 valence electrons. The molecule has 25 heavy (non-hydrogen) atoms. The Kier molecular flexibility index (Phi) is 5.04. The molecule has 0 bridgehead atoms. The maximum atomic E-state index is 12.7. The number of hydrogen-bond acceptors (Lipinski definition) is 4. The normalized spacial score (nSPS) is 24.1. The monoisotopic (exact) mass is 510 g/mol. The fraction of sp³-hybridized carbons (Fsp3) is 0.176. The van der Waals surface area contributed by atoms with Gasteiger partial charge in [-0.15, -0.1) is 0 Å². The second-order valence-electron chi connectivity index (χ2n) is 5.69. The zero-order valence-corrected chi connectivity index (χ0v) is 17.3. The molecule has 0 fully saturated rings. The molecule has 1 aliphatic heterocycles. The predicted octanol–water partition coefficient (Wildman–Crippen LogP) is 5.87. The topological polar surface area (TPSA) is 20.2 Å². The van der Waals surface area contributed by atoms with Gasteiger partial charge in [0.25, 0.3) is 0 Å². The molecule has 0 saturated carbocycles. The molecular weight excluding hydrogens is 500 g/mol. The summed E-state index contributed by atoms with van der Waals surface area (Å²) in [7, 11) is 0. The molecule has 0 spiro atoms. The Morgan fingerprint density at radius 3 is 2.28 bits per heavy atom. The summed E-state index contributed by atoms with van der Waals surface area (Å²) in [5.41, 5.74) is 0.184. The van der Waals surface area contributed by atoms with Crippen LogP contribution in [-0.2, 0) is 6.18 Å². The molecule has 0 amide bonds. The number of alkyl halides is 3. The summed E-state index contributed by atoms with van der Waals surface area (Å²) in [6, 6.07) is 5.03. The van der Waals surface area contributed by atoms with Gasteiger partial charge in [0, 0.05) is 14.1 Å². The van der Waals surface area contributed by atoms with Crippen molar-refractivity contribution in [3.63, 3.8) is 0 Å². The van der Waals surface area contributed by atoms with Crippen molar-refractivity contribution in [2.24, 2.45) is 0 Å². The van der Waals surface area contributed by atoms with Crippen molar-refractivity contribution in [1.82, 2.24) is 0 Å². The van der Waals surface area contributed by atoms with Crippen LogP contribution < -0.4 is 0 Å². The predicted molar refractivity (Wildman–Crippen MR) is 112 cm³/mol. The number of halogens is 4. The fourth-order valence-electron chi connectivity index (χ4n) is 2.46. The Morgan fingerprint density at radius 1 is 1.12 bits per heavy atom. The van der Waals surface area contributed by atoms with E-state index >= 15 is 0 Å². The zero-order chi connectivity index (χ0) is 18.6. The van der Waals surface area contributed by atoms with Crippen molar-refractivity contribution >= 4 is 73.4 Å². The van der Waals surface area contributed by atoms with Crippen LogP contribution in [0.3, 0.4) is 0 Å². The Hall–Kier alpha value is -0.550. The van der Waals surface area contributed by atoms with E-state index in [-0.39, 0.29) is 0 Å². The van der Waals surface area contributed by atoms with E-state index in [1.807, 2.05) is 11.5 Å². The van der Waals surface area contributed by atoms with Crippen molar-refractivity contribution in [2.45, 2.75) is 18.7 Å². The number of aliphatic hydroxyl groups is 1. The highest BCUT2D eigenvalue weighted by atomic mass is 127. The molecule has 1 atom stereocenters. The lowest BCUT2D eigenvalue weighted by atomic mass is 9.83. The zero-order valence-electron chi connectivity index (χ0n) is 12.6. The summed E-state index contributed by atoms with van der Waals surface area (Å²) in [5.74, 6) is 0. The van der Waals surface area contributed by atoms with Gasteiger partial charge in [-0.1, -0.05) is 48.3 Å². The second kappa shape index (κ2) is 6.56. The van der Waals surface area contributed by atoms with E-state index in [0.29, 0.717) is 15.3 Å². The van der Waals surface area contributed by atoms with Crippen LogP contribution in [0.4, 0.5) is 13.2 Å². The van der Waals surface area contributed by atoms with Crippen LogP contribution in [-0.4, -0.2) is 20.4 Å². The number of rotatable bonds is 1. The average molecular weight is 510 g/mol. The molecule has 1 aromatic rings. The van der Waals surface area contributed by atoms with Gasteiger partial charge in [0.05, 0.1) is 15.3 Å². The molecule has 1 N–H and O–H groups in total. The van der Waals surface area contributed by atoms with E-state index in [1.54, 1.807) is 6.92 Å². The van der Waals surface area contributed by atoms with Crippen molar-refractivity contribution in [2.75, 3.05) is 0 Å². The van der Waals surface area contributed by atoms with Gasteiger partial charge < -0.3 is 5.11 Å². The van der Waals surface area contributed by atoms with Crippen LogP contribution in [0.1, 0.15) is 18.1 Å². The summed E-state index contributed by atoms with van der Waals surface area (Å²) >= 11 is 14.1. The van der Waals surface area contributed by atoms with E-state index in [4.69, 9.17) is 24.4 Å². The Labute approximate surface area is 171 Å². The quantitative estimate of drug-likeness (QED) is 0.377. The molecule has 1 aromatic carbocycles. The first-order valence-electron chi connectivity index (χ1n) is 7.02. The average Bonchev–Trinajstić information content (AvgIpc) is 2.57. The van der Waals surface area contributed by atoms with Crippen molar-refractivity contribution in [1.29, 1.82) is 0 Å². The first-order chi connectivity index (χ1) is 11.5. The SMILES string of the molecule is CC1(O)C(=S)C2=CSC(c3ccc(C(F)(F)F)cc3)=CC2=C(I)C1=S. The number of benzene rings is 1. The third kappa shape index (κ3) is 3.39. The molecule has 8 heteroatoms. The van der Waals surface area contributed by atoms with Gasteiger partial charge >= 0.3 is 6.18 Å². The van der Waals surface area contributed by atoms with E-state index < -0.39 is 17.3 Å². The van der Waals surface area contributed by atoms with Gasteiger partial charge in [-0.2, -0.15) is 13.2 Å². The summed E-state index contributed by atoms with van der Waals surface area (Å²) < 4.78 is 38.8.